The Bertz CT molecular complexity index is 475. The fraction of sp³-hybridized carbons (Fsp3) is 0.632. The Balaban J connectivity index is 2.57. The van der Waals surface area contributed by atoms with Gasteiger partial charge >= 0.3 is 5.97 Å². The quantitative estimate of drug-likeness (QED) is 0.674. The molecule has 0 radical (unpaired) electrons. The minimum atomic E-state index is -0.411. The molecule has 0 aliphatic rings. The lowest BCUT2D eigenvalue weighted by atomic mass is 9.91. The lowest BCUT2D eigenvalue weighted by Gasteiger charge is -2.27. The molecule has 0 amide bonds. The molecule has 0 saturated carbocycles. The van der Waals surface area contributed by atoms with Gasteiger partial charge in [0.25, 0.3) is 0 Å². The van der Waals surface area contributed by atoms with E-state index in [9.17, 15) is 4.79 Å². The van der Waals surface area contributed by atoms with Crippen LogP contribution in [0.3, 0.4) is 0 Å². The first-order valence-electron chi connectivity index (χ1n) is 8.24. The number of hydrogen-bond acceptors (Lipinski definition) is 3. The van der Waals surface area contributed by atoms with Crippen molar-refractivity contribution in [1.82, 2.24) is 0 Å². The molecule has 0 bridgehead atoms. The highest BCUT2D eigenvalue weighted by atomic mass is 16.5. The van der Waals surface area contributed by atoms with Crippen molar-refractivity contribution in [3.63, 3.8) is 0 Å². The summed E-state index contributed by atoms with van der Waals surface area (Å²) in [5, 5.41) is 3.54. The largest absolute Gasteiger partial charge is 0.460 e. The zero-order valence-corrected chi connectivity index (χ0v) is 15.0. The molecule has 22 heavy (non-hydrogen) atoms. The molecule has 0 fully saturated rings. The average molecular weight is 305 g/mol. The number of carbonyl (C=O) groups excluding carboxylic acids is 1. The monoisotopic (exact) mass is 305 g/mol. The van der Waals surface area contributed by atoms with Crippen LogP contribution in [-0.4, -0.2) is 11.5 Å². The maximum Gasteiger partial charge on any atom is 0.311 e. The van der Waals surface area contributed by atoms with Crippen molar-refractivity contribution in [2.75, 3.05) is 5.32 Å². The van der Waals surface area contributed by atoms with Crippen molar-refractivity contribution >= 4 is 11.7 Å². The molecule has 3 nitrogen and oxygen atoms in total. The lowest BCUT2D eigenvalue weighted by molar-refractivity contribution is -0.155. The highest BCUT2D eigenvalue weighted by Crippen LogP contribution is 2.23. The van der Waals surface area contributed by atoms with Gasteiger partial charge in [-0.15, -0.1) is 0 Å². The van der Waals surface area contributed by atoms with Crippen LogP contribution in [0, 0.1) is 5.41 Å². The van der Waals surface area contributed by atoms with Gasteiger partial charge in [-0.1, -0.05) is 32.4 Å². The van der Waals surface area contributed by atoms with Crippen molar-refractivity contribution < 1.29 is 9.53 Å². The minimum absolute atomic E-state index is 0.0912. The topological polar surface area (TPSA) is 38.3 Å². The van der Waals surface area contributed by atoms with E-state index in [1.807, 2.05) is 45.0 Å². The van der Waals surface area contributed by atoms with E-state index in [4.69, 9.17) is 4.74 Å². The van der Waals surface area contributed by atoms with Gasteiger partial charge in [0.15, 0.2) is 0 Å². The van der Waals surface area contributed by atoms with E-state index < -0.39 is 5.41 Å². The first kappa shape index (κ1) is 18.5. The van der Waals surface area contributed by atoms with Gasteiger partial charge in [-0.05, 0) is 58.2 Å². The summed E-state index contributed by atoms with van der Waals surface area (Å²) in [6, 6.07) is 8.12. The van der Waals surface area contributed by atoms with E-state index in [-0.39, 0.29) is 11.5 Å². The molecule has 0 spiro atoms. The van der Waals surface area contributed by atoms with Crippen LogP contribution in [0.5, 0.6) is 0 Å². The van der Waals surface area contributed by atoms with E-state index >= 15 is 0 Å². The zero-order valence-electron chi connectivity index (χ0n) is 15.0. The van der Waals surface area contributed by atoms with Crippen LogP contribution in [0.2, 0.25) is 0 Å². The van der Waals surface area contributed by atoms with Crippen molar-refractivity contribution in [1.29, 1.82) is 0 Å². The van der Waals surface area contributed by atoms with Gasteiger partial charge in [-0.25, -0.2) is 0 Å². The Morgan fingerprint density at radius 2 is 1.68 bits per heavy atom. The molecule has 0 aliphatic heterocycles. The van der Waals surface area contributed by atoms with Crippen LogP contribution >= 0.6 is 0 Å². The van der Waals surface area contributed by atoms with Crippen LogP contribution < -0.4 is 5.32 Å². The molecule has 3 heteroatoms. The SMILES string of the molecule is CCCC(C)(C)Nc1ccc(COC(=O)C(C)(C)CC)cc1. The summed E-state index contributed by atoms with van der Waals surface area (Å²) in [5.74, 6) is -0.138. The predicted molar refractivity (Wildman–Crippen MR) is 92.9 cm³/mol. The molecular weight excluding hydrogens is 274 g/mol. The zero-order chi connectivity index (χ0) is 16.8. The first-order chi connectivity index (χ1) is 10.2. The van der Waals surface area contributed by atoms with Gasteiger partial charge in [-0.2, -0.15) is 0 Å². The smallest absolute Gasteiger partial charge is 0.311 e. The molecule has 1 rings (SSSR count). The lowest BCUT2D eigenvalue weighted by Crippen LogP contribution is -2.30. The van der Waals surface area contributed by atoms with Gasteiger partial charge in [0, 0.05) is 11.2 Å². The fourth-order valence-corrected chi connectivity index (χ4v) is 2.25. The first-order valence-corrected chi connectivity index (χ1v) is 8.24. The third-order valence-corrected chi connectivity index (χ3v) is 4.12. The summed E-state index contributed by atoms with van der Waals surface area (Å²) < 4.78 is 5.40. The number of esters is 1. The molecule has 0 aliphatic carbocycles. The standard InChI is InChI=1S/C19H31NO2/c1-7-13-19(5,6)20-16-11-9-15(10-12-16)14-22-17(21)18(3,4)8-2/h9-12,20H,7-8,13-14H2,1-6H3. The molecule has 1 N–H and O–H groups in total. The van der Waals surface area contributed by atoms with Crippen LogP contribution in [-0.2, 0) is 16.1 Å². The molecule has 1 aromatic rings. The molecule has 0 saturated heterocycles. The highest BCUT2D eigenvalue weighted by molar-refractivity contribution is 5.75. The van der Waals surface area contributed by atoms with Crippen molar-refractivity contribution in [2.45, 2.75) is 73.0 Å². The maximum atomic E-state index is 12.0. The number of ether oxygens (including phenoxy) is 1. The van der Waals surface area contributed by atoms with Gasteiger partial charge < -0.3 is 10.1 Å². The Morgan fingerprint density at radius 3 is 2.18 bits per heavy atom. The van der Waals surface area contributed by atoms with Gasteiger partial charge in [0.1, 0.15) is 6.61 Å². The number of nitrogens with one attached hydrogen (secondary N) is 1. The Labute approximate surface area is 135 Å². The summed E-state index contributed by atoms with van der Waals surface area (Å²) >= 11 is 0. The van der Waals surface area contributed by atoms with Gasteiger partial charge in [0.2, 0.25) is 0 Å². The molecular formula is C19H31NO2. The van der Waals surface area contributed by atoms with Crippen molar-refractivity contribution in [3.8, 4) is 0 Å². The third kappa shape index (κ3) is 5.70. The van der Waals surface area contributed by atoms with Crippen LogP contribution in [0.15, 0.2) is 24.3 Å². The van der Waals surface area contributed by atoms with Crippen LogP contribution in [0.1, 0.15) is 66.4 Å². The summed E-state index contributed by atoms with van der Waals surface area (Å²) in [6.07, 6.45) is 3.06. The molecule has 0 heterocycles. The average Bonchev–Trinajstić information content (AvgIpc) is 2.45. The molecule has 1 aromatic carbocycles. The van der Waals surface area contributed by atoms with Crippen molar-refractivity contribution in [3.05, 3.63) is 29.8 Å². The molecule has 0 atom stereocenters. The van der Waals surface area contributed by atoms with Gasteiger partial charge in [-0.3, -0.25) is 4.79 Å². The van der Waals surface area contributed by atoms with Crippen LogP contribution in [0.25, 0.3) is 0 Å². The minimum Gasteiger partial charge on any atom is -0.460 e. The van der Waals surface area contributed by atoms with Crippen molar-refractivity contribution in [2.24, 2.45) is 5.41 Å². The van der Waals surface area contributed by atoms with E-state index in [2.05, 4.69) is 26.1 Å². The molecule has 0 unspecified atom stereocenters. The fourth-order valence-electron chi connectivity index (χ4n) is 2.25. The number of anilines is 1. The second-order valence-corrected chi connectivity index (χ2v) is 7.27. The highest BCUT2D eigenvalue weighted by Gasteiger charge is 2.26. The molecule has 0 aromatic heterocycles. The number of carbonyl (C=O) groups is 1. The second-order valence-electron chi connectivity index (χ2n) is 7.27. The number of benzene rings is 1. The van der Waals surface area contributed by atoms with E-state index in [1.165, 1.54) is 0 Å². The Morgan fingerprint density at radius 1 is 1.09 bits per heavy atom. The Kier molecular flexibility index (Phi) is 6.46. The normalized spacial score (nSPS) is 12.1. The predicted octanol–water partition coefficient (Wildman–Crippen LogP) is 5.16. The summed E-state index contributed by atoms with van der Waals surface area (Å²) in [6.45, 7) is 12.8. The maximum absolute atomic E-state index is 12.0. The van der Waals surface area contributed by atoms with E-state index in [0.29, 0.717) is 6.61 Å². The number of hydrogen-bond donors (Lipinski definition) is 1. The van der Waals surface area contributed by atoms with Crippen LogP contribution in [0.4, 0.5) is 5.69 Å². The molecule has 124 valence electrons. The van der Waals surface area contributed by atoms with Gasteiger partial charge in [0.05, 0.1) is 5.41 Å². The van der Waals surface area contributed by atoms with E-state index in [1.54, 1.807) is 0 Å². The summed E-state index contributed by atoms with van der Waals surface area (Å²) in [5.41, 5.74) is 1.79. The number of rotatable bonds is 8. The summed E-state index contributed by atoms with van der Waals surface area (Å²) in [7, 11) is 0. The second kappa shape index (κ2) is 7.66. The third-order valence-electron chi connectivity index (χ3n) is 4.12. The van der Waals surface area contributed by atoms with E-state index in [0.717, 1.165) is 30.5 Å². The summed E-state index contributed by atoms with van der Waals surface area (Å²) in [4.78, 5) is 12.0. The Hall–Kier alpha value is -1.51.